The van der Waals surface area contributed by atoms with Crippen molar-refractivity contribution in [2.45, 2.75) is 44.7 Å². The van der Waals surface area contributed by atoms with Crippen LogP contribution in [-0.2, 0) is 6.54 Å². The van der Waals surface area contributed by atoms with Crippen LogP contribution in [0.5, 0.6) is 0 Å². The Labute approximate surface area is 230 Å². The van der Waals surface area contributed by atoms with Crippen molar-refractivity contribution in [1.29, 1.82) is 5.41 Å². The summed E-state index contributed by atoms with van der Waals surface area (Å²) in [6.45, 7) is 6.64. The highest BCUT2D eigenvalue weighted by molar-refractivity contribution is 6.03. The zero-order valence-corrected chi connectivity index (χ0v) is 23.0. The SMILES string of the molecule is CN1CCN(c2ccc(C(=O)Nc3ccn(CCC[C@H](CCCNC(=N)N)NCCCN)c(=O)n3)cc2)CC1. The maximum Gasteiger partial charge on any atom is 0.349 e. The molecule has 1 amide bonds. The smallest absolute Gasteiger partial charge is 0.349 e. The fourth-order valence-electron chi connectivity index (χ4n) is 4.58. The third kappa shape index (κ3) is 10.3. The van der Waals surface area contributed by atoms with E-state index in [1.807, 2.05) is 12.1 Å². The third-order valence-corrected chi connectivity index (χ3v) is 6.92. The molecule has 12 nitrogen and oxygen atoms in total. The van der Waals surface area contributed by atoms with Gasteiger partial charge in [0.2, 0.25) is 0 Å². The van der Waals surface area contributed by atoms with E-state index in [4.69, 9.17) is 16.9 Å². The van der Waals surface area contributed by atoms with Gasteiger partial charge < -0.3 is 37.2 Å². The molecule has 3 rings (SSSR count). The van der Waals surface area contributed by atoms with Crippen LogP contribution < -0.4 is 38.0 Å². The summed E-state index contributed by atoms with van der Waals surface area (Å²) in [6.07, 6.45) is 6.08. The van der Waals surface area contributed by atoms with Crippen LogP contribution in [0.4, 0.5) is 11.5 Å². The predicted octanol–water partition coefficient (Wildman–Crippen LogP) is 0.598. The summed E-state index contributed by atoms with van der Waals surface area (Å²) < 4.78 is 1.56. The monoisotopic (exact) mass is 540 g/mol. The van der Waals surface area contributed by atoms with E-state index in [9.17, 15) is 9.59 Å². The number of amides is 1. The van der Waals surface area contributed by atoms with Crippen LogP contribution in [0.1, 0.15) is 42.5 Å². The molecule has 0 saturated carbocycles. The molecule has 39 heavy (non-hydrogen) atoms. The van der Waals surface area contributed by atoms with Gasteiger partial charge in [-0.15, -0.1) is 0 Å². The Morgan fingerprint density at radius 1 is 1.05 bits per heavy atom. The number of carbonyl (C=O) groups is 1. The molecule has 1 aliphatic rings. The molecule has 0 spiro atoms. The minimum atomic E-state index is -0.392. The number of nitrogens with two attached hydrogens (primary N) is 2. The number of aryl methyl sites for hydroxylation is 1. The number of piperazine rings is 1. The van der Waals surface area contributed by atoms with Crippen LogP contribution in [0, 0.1) is 5.41 Å². The largest absolute Gasteiger partial charge is 0.370 e. The number of nitrogens with one attached hydrogen (secondary N) is 4. The molecule has 1 fully saturated rings. The molecular weight excluding hydrogens is 496 g/mol. The second-order valence-electron chi connectivity index (χ2n) is 10.00. The normalized spacial score (nSPS) is 14.7. The number of likely N-dealkylation sites (N-methyl/N-ethyl adjacent to an activating group) is 1. The molecule has 0 unspecified atom stereocenters. The first-order valence-electron chi connectivity index (χ1n) is 13.8. The number of anilines is 2. The summed E-state index contributed by atoms with van der Waals surface area (Å²) in [7, 11) is 2.12. The number of aromatic nitrogens is 2. The average molecular weight is 541 g/mol. The third-order valence-electron chi connectivity index (χ3n) is 6.92. The molecule has 1 aliphatic heterocycles. The van der Waals surface area contributed by atoms with Gasteiger partial charge in [-0.25, -0.2) is 4.79 Å². The lowest BCUT2D eigenvalue weighted by molar-refractivity contribution is 0.102. The molecule has 0 aliphatic carbocycles. The molecule has 214 valence electrons. The molecule has 1 aromatic carbocycles. The summed E-state index contributed by atoms with van der Waals surface area (Å²) in [6, 6.07) is 9.47. The summed E-state index contributed by atoms with van der Waals surface area (Å²) in [5.74, 6) is -0.0767. The van der Waals surface area contributed by atoms with Gasteiger partial charge in [0.15, 0.2) is 5.96 Å². The zero-order chi connectivity index (χ0) is 28.0. The van der Waals surface area contributed by atoms with Gasteiger partial charge in [-0.1, -0.05) is 0 Å². The Balaban J connectivity index is 1.48. The highest BCUT2D eigenvalue weighted by atomic mass is 16.2. The Kier molecular flexibility index (Phi) is 12.2. The summed E-state index contributed by atoms with van der Waals surface area (Å²) in [5, 5.41) is 16.4. The van der Waals surface area contributed by atoms with Gasteiger partial charge in [-0.05, 0) is 82.6 Å². The van der Waals surface area contributed by atoms with Crippen molar-refractivity contribution in [2.75, 3.05) is 63.1 Å². The molecular formula is C27H44N10O2. The van der Waals surface area contributed by atoms with Crippen LogP contribution >= 0.6 is 0 Å². The lowest BCUT2D eigenvalue weighted by atomic mass is 10.1. The number of carbonyl (C=O) groups excluding carboxylic acids is 1. The maximum absolute atomic E-state index is 12.7. The van der Waals surface area contributed by atoms with Gasteiger partial charge in [0, 0.05) is 62.8 Å². The number of rotatable bonds is 15. The number of benzene rings is 1. The lowest BCUT2D eigenvalue weighted by Gasteiger charge is -2.34. The first-order valence-corrected chi connectivity index (χ1v) is 13.8. The topological polar surface area (TPSA) is 170 Å². The standard InChI is InChI=1S/C27H44N10O2/c1-35-17-19-36(20-18-35)23-9-7-21(8-10-23)25(38)33-24-11-16-37(27(39)34-24)15-3-6-22(31-14-4-12-28)5-2-13-32-26(29)30/h7-11,16,22,31H,2-6,12-15,17-20,28H2,1H3,(H4,29,30,32)(H,33,34,38,39)/t22-/m0/s1. The van der Waals surface area contributed by atoms with Crippen molar-refractivity contribution in [3.8, 4) is 0 Å². The molecule has 8 N–H and O–H groups in total. The Hall–Kier alpha value is -3.48. The van der Waals surface area contributed by atoms with E-state index in [1.165, 1.54) is 0 Å². The van der Waals surface area contributed by atoms with Gasteiger partial charge in [0.05, 0.1) is 0 Å². The highest BCUT2D eigenvalue weighted by Crippen LogP contribution is 2.17. The Morgan fingerprint density at radius 2 is 1.77 bits per heavy atom. The summed E-state index contributed by atoms with van der Waals surface area (Å²) >= 11 is 0. The van der Waals surface area contributed by atoms with Crippen molar-refractivity contribution in [2.24, 2.45) is 11.5 Å². The number of guanidine groups is 1. The second kappa shape index (κ2) is 15.8. The van der Waals surface area contributed by atoms with Gasteiger partial charge in [0.25, 0.3) is 5.91 Å². The number of hydrogen-bond acceptors (Lipinski definition) is 8. The van der Waals surface area contributed by atoms with E-state index in [1.54, 1.807) is 29.0 Å². The van der Waals surface area contributed by atoms with Crippen LogP contribution in [-0.4, -0.2) is 85.2 Å². The van der Waals surface area contributed by atoms with Crippen molar-refractivity contribution < 1.29 is 4.79 Å². The van der Waals surface area contributed by atoms with E-state index in [-0.39, 0.29) is 23.7 Å². The van der Waals surface area contributed by atoms with Gasteiger partial charge in [-0.2, -0.15) is 4.98 Å². The minimum absolute atomic E-state index is 0.0201. The van der Waals surface area contributed by atoms with E-state index in [0.29, 0.717) is 25.2 Å². The van der Waals surface area contributed by atoms with E-state index >= 15 is 0 Å². The minimum Gasteiger partial charge on any atom is -0.370 e. The van der Waals surface area contributed by atoms with E-state index < -0.39 is 5.69 Å². The van der Waals surface area contributed by atoms with Crippen LogP contribution in [0.2, 0.25) is 0 Å². The lowest BCUT2D eigenvalue weighted by Crippen LogP contribution is -2.44. The first-order chi connectivity index (χ1) is 18.9. The summed E-state index contributed by atoms with van der Waals surface area (Å²) in [5.41, 5.74) is 12.2. The number of nitrogens with zero attached hydrogens (tertiary/aromatic N) is 4. The molecule has 2 aromatic rings. The summed E-state index contributed by atoms with van der Waals surface area (Å²) in [4.78, 5) is 34.0. The van der Waals surface area contributed by atoms with Crippen molar-refractivity contribution in [3.05, 3.63) is 52.6 Å². The fourth-order valence-corrected chi connectivity index (χ4v) is 4.58. The predicted molar refractivity (Wildman–Crippen MR) is 156 cm³/mol. The Morgan fingerprint density at radius 3 is 2.44 bits per heavy atom. The van der Waals surface area contributed by atoms with Crippen molar-refractivity contribution in [3.63, 3.8) is 0 Å². The average Bonchev–Trinajstić information content (AvgIpc) is 2.92. The Bertz CT molecular complexity index is 1100. The van der Waals surface area contributed by atoms with Gasteiger partial charge >= 0.3 is 5.69 Å². The maximum atomic E-state index is 12.7. The number of hydrogen-bond donors (Lipinski definition) is 6. The van der Waals surface area contributed by atoms with Crippen molar-refractivity contribution in [1.82, 2.24) is 25.1 Å². The quantitative estimate of drug-likeness (QED) is 0.108. The first kappa shape index (κ1) is 30.1. The molecule has 0 bridgehead atoms. The van der Waals surface area contributed by atoms with Crippen LogP contribution in [0.25, 0.3) is 0 Å². The molecule has 1 saturated heterocycles. The molecule has 2 heterocycles. The second-order valence-corrected chi connectivity index (χ2v) is 10.00. The molecule has 1 atom stereocenters. The molecule has 1 aromatic heterocycles. The molecule has 12 heteroatoms. The van der Waals surface area contributed by atoms with E-state index in [0.717, 1.165) is 70.5 Å². The van der Waals surface area contributed by atoms with Gasteiger partial charge in [-0.3, -0.25) is 14.8 Å². The van der Waals surface area contributed by atoms with Crippen LogP contribution in [0.3, 0.4) is 0 Å². The van der Waals surface area contributed by atoms with Crippen molar-refractivity contribution >= 4 is 23.4 Å². The van der Waals surface area contributed by atoms with E-state index in [2.05, 4.69) is 37.8 Å². The van der Waals surface area contributed by atoms with Crippen LogP contribution in [0.15, 0.2) is 41.3 Å². The molecule has 0 radical (unpaired) electrons. The fraction of sp³-hybridized carbons (Fsp3) is 0.556. The van der Waals surface area contributed by atoms with Gasteiger partial charge in [0.1, 0.15) is 5.82 Å². The zero-order valence-electron chi connectivity index (χ0n) is 23.0. The highest BCUT2D eigenvalue weighted by Gasteiger charge is 2.15.